The normalized spacial score (nSPS) is 37.9. The zero-order valence-corrected chi connectivity index (χ0v) is 11.7. The van der Waals surface area contributed by atoms with Crippen molar-refractivity contribution < 1.29 is 23.8 Å². The lowest BCUT2D eigenvalue weighted by Gasteiger charge is -2.56. The van der Waals surface area contributed by atoms with Crippen molar-refractivity contribution in [2.75, 3.05) is 29.5 Å². The van der Waals surface area contributed by atoms with Gasteiger partial charge in [-0.3, -0.25) is 4.90 Å². The van der Waals surface area contributed by atoms with Crippen LogP contribution in [0.3, 0.4) is 0 Å². The lowest BCUT2D eigenvalue weighted by Crippen LogP contribution is -2.72. The second-order valence-corrected chi connectivity index (χ2v) is 6.35. The third-order valence-electron chi connectivity index (χ3n) is 5.26. The molecule has 3 aliphatic heterocycles. The van der Waals surface area contributed by atoms with Crippen LogP contribution in [0.2, 0.25) is 0 Å². The van der Waals surface area contributed by atoms with Crippen molar-refractivity contribution in [2.24, 2.45) is 0 Å². The van der Waals surface area contributed by atoms with Crippen LogP contribution in [0.5, 0.6) is 0 Å². The quantitative estimate of drug-likeness (QED) is 0.898. The first kappa shape index (κ1) is 12.7. The molecule has 6 nitrogen and oxygen atoms in total. The number of morpholine rings is 1. The highest BCUT2D eigenvalue weighted by atomic mass is 19.1. The second kappa shape index (κ2) is 3.91. The van der Waals surface area contributed by atoms with Crippen LogP contribution in [0, 0.1) is 5.82 Å². The van der Waals surface area contributed by atoms with E-state index in [4.69, 9.17) is 14.6 Å². The first-order chi connectivity index (χ1) is 10.6. The number of amides is 1. The molecular weight excluding hydrogens is 291 g/mol. The molecule has 7 heteroatoms. The molecule has 4 aliphatic rings. The van der Waals surface area contributed by atoms with Gasteiger partial charge in [0.2, 0.25) is 0 Å². The summed E-state index contributed by atoms with van der Waals surface area (Å²) in [5, 5.41) is 9.06. The van der Waals surface area contributed by atoms with E-state index >= 15 is 0 Å². The minimum Gasteiger partial charge on any atom is -0.441 e. The molecule has 0 aromatic heterocycles. The number of ether oxygens (including phenoxy) is 2. The highest BCUT2D eigenvalue weighted by molar-refractivity contribution is 5.90. The first-order valence-corrected chi connectivity index (χ1v) is 7.45. The van der Waals surface area contributed by atoms with Crippen LogP contribution in [0.15, 0.2) is 18.2 Å². The van der Waals surface area contributed by atoms with Crippen molar-refractivity contribution in [3.8, 4) is 0 Å². The molecule has 1 spiro atoms. The maximum absolute atomic E-state index is 14.5. The molecule has 4 atom stereocenters. The molecule has 4 fully saturated rings. The van der Waals surface area contributed by atoms with Crippen LogP contribution in [0.4, 0.5) is 20.6 Å². The van der Waals surface area contributed by atoms with Crippen molar-refractivity contribution in [1.82, 2.24) is 0 Å². The van der Waals surface area contributed by atoms with Crippen LogP contribution in [-0.4, -0.2) is 54.7 Å². The third-order valence-corrected chi connectivity index (χ3v) is 5.26. The van der Waals surface area contributed by atoms with Crippen LogP contribution in [0.25, 0.3) is 0 Å². The molecule has 0 radical (unpaired) electrons. The Morgan fingerprint density at radius 2 is 2.23 bits per heavy atom. The number of hydrogen-bond donors (Lipinski definition) is 1. The van der Waals surface area contributed by atoms with E-state index in [1.807, 2.05) is 0 Å². The third kappa shape index (κ3) is 1.38. The molecule has 116 valence electrons. The molecule has 1 amide bonds. The van der Waals surface area contributed by atoms with Crippen molar-refractivity contribution in [1.29, 1.82) is 0 Å². The summed E-state index contributed by atoms with van der Waals surface area (Å²) in [5.41, 5.74) is 1.07. The molecule has 5 rings (SSSR count). The molecule has 3 heterocycles. The average Bonchev–Trinajstić information content (AvgIpc) is 3.07. The Bertz CT molecular complexity index is 684. The number of cyclic esters (lactones) is 1. The summed E-state index contributed by atoms with van der Waals surface area (Å²) in [7, 11) is 0. The van der Waals surface area contributed by atoms with E-state index in [1.54, 1.807) is 12.1 Å². The molecule has 22 heavy (non-hydrogen) atoms. The van der Waals surface area contributed by atoms with Crippen molar-refractivity contribution >= 4 is 17.5 Å². The Labute approximate surface area is 126 Å². The highest BCUT2D eigenvalue weighted by Gasteiger charge is 2.79. The largest absolute Gasteiger partial charge is 0.441 e. The van der Waals surface area contributed by atoms with Gasteiger partial charge in [0, 0.05) is 13.0 Å². The number of aliphatic hydroxyl groups is 1. The average molecular weight is 306 g/mol. The van der Waals surface area contributed by atoms with E-state index in [0.29, 0.717) is 11.4 Å². The van der Waals surface area contributed by atoms with Gasteiger partial charge in [-0.1, -0.05) is 0 Å². The maximum Gasteiger partial charge on any atom is 0.414 e. The number of benzene rings is 1. The smallest absolute Gasteiger partial charge is 0.414 e. The number of anilines is 2. The summed E-state index contributed by atoms with van der Waals surface area (Å²) < 4.78 is 25.0. The Balaban J connectivity index is 1.41. The number of carbonyl (C=O) groups is 1. The van der Waals surface area contributed by atoms with Crippen LogP contribution in [0.1, 0.15) is 6.42 Å². The molecular formula is C15H15FN2O4. The topological polar surface area (TPSA) is 62.2 Å². The molecule has 3 unspecified atom stereocenters. The highest BCUT2D eigenvalue weighted by Crippen LogP contribution is 2.64. The van der Waals surface area contributed by atoms with Crippen molar-refractivity contribution in [3.63, 3.8) is 0 Å². The van der Waals surface area contributed by atoms with Gasteiger partial charge in [0.25, 0.3) is 0 Å². The summed E-state index contributed by atoms with van der Waals surface area (Å²) in [6, 6.07) is 4.79. The van der Waals surface area contributed by atoms with Gasteiger partial charge in [0.15, 0.2) is 0 Å². The Morgan fingerprint density at radius 1 is 1.36 bits per heavy atom. The van der Waals surface area contributed by atoms with Gasteiger partial charge >= 0.3 is 6.09 Å². The summed E-state index contributed by atoms with van der Waals surface area (Å²) >= 11 is 0. The SMILES string of the molecule is O=C1O[C@@H](CO)CN1c1ccc(N2CC3OC4CC342)c(F)c1. The Hall–Kier alpha value is -1.86. The number of rotatable bonds is 3. The lowest BCUT2D eigenvalue weighted by atomic mass is 9.90. The maximum atomic E-state index is 14.5. The second-order valence-electron chi connectivity index (χ2n) is 6.35. The molecule has 3 saturated heterocycles. The van der Waals surface area contributed by atoms with Gasteiger partial charge < -0.3 is 19.5 Å². The van der Waals surface area contributed by atoms with E-state index in [1.165, 1.54) is 11.0 Å². The fourth-order valence-electron chi connectivity index (χ4n) is 3.90. The van der Waals surface area contributed by atoms with Gasteiger partial charge in [-0.05, 0) is 18.2 Å². The number of aliphatic hydroxyl groups excluding tert-OH is 1. The van der Waals surface area contributed by atoms with Gasteiger partial charge in [-0.15, -0.1) is 0 Å². The van der Waals surface area contributed by atoms with E-state index in [-0.39, 0.29) is 36.7 Å². The fraction of sp³-hybridized carbons (Fsp3) is 0.533. The molecule has 1 saturated carbocycles. The summed E-state index contributed by atoms with van der Waals surface area (Å²) in [4.78, 5) is 15.2. The Morgan fingerprint density at radius 3 is 2.82 bits per heavy atom. The zero-order chi connectivity index (χ0) is 15.1. The predicted octanol–water partition coefficient (Wildman–Crippen LogP) is 0.873. The number of halogens is 1. The number of hydrogen-bond acceptors (Lipinski definition) is 5. The van der Waals surface area contributed by atoms with E-state index in [2.05, 4.69) is 4.90 Å². The lowest BCUT2D eigenvalue weighted by molar-refractivity contribution is -0.116. The Kier molecular flexibility index (Phi) is 2.25. The summed E-state index contributed by atoms with van der Waals surface area (Å²) in [6.07, 6.45) is 0.405. The monoisotopic (exact) mass is 306 g/mol. The van der Waals surface area contributed by atoms with Crippen LogP contribution in [-0.2, 0) is 9.47 Å². The van der Waals surface area contributed by atoms with Gasteiger partial charge in [-0.2, -0.15) is 0 Å². The molecule has 1 aromatic rings. The summed E-state index contributed by atoms with van der Waals surface area (Å²) in [5.74, 6) is -0.344. The molecule has 1 aliphatic carbocycles. The van der Waals surface area contributed by atoms with Crippen LogP contribution < -0.4 is 9.80 Å². The predicted molar refractivity (Wildman–Crippen MR) is 74.5 cm³/mol. The zero-order valence-electron chi connectivity index (χ0n) is 11.7. The van der Waals surface area contributed by atoms with Gasteiger partial charge in [0.05, 0.1) is 36.2 Å². The minimum atomic E-state index is -0.552. The number of nitrogens with zero attached hydrogens (tertiary/aromatic N) is 2. The standard InChI is InChI=1S/C15H15FN2O4/c16-10-3-8(17-5-9(7-19)21-14(17)20)1-2-11(10)18-6-13-15(18)4-12(15)22-13/h1-3,9,12-13,19H,4-7H2/t9-,12?,13?,15?/m1/s1. The molecule has 1 N–H and O–H groups in total. The van der Waals surface area contributed by atoms with Gasteiger partial charge in [0.1, 0.15) is 18.0 Å². The van der Waals surface area contributed by atoms with Crippen molar-refractivity contribution in [2.45, 2.75) is 30.3 Å². The number of carbonyl (C=O) groups excluding carboxylic acids is 1. The van der Waals surface area contributed by atoms with E-state index in [0.717, 1.165) is 13.0 Å². The molecule has 0 bridgehead atoms. The summed E-state index contributed by atoms with van der Waals surface area (Å²) in [6.45, 7) is 0.729. The first-order valence-electron chi connectivity index (χ1n) is 7.45. The van der Waals surface area contributed by atoms with E-state index in [9.17, 15) is 9.18 Å². The van der Waals surface area contributed by atoms with Crippen molar-refractivity contribution in [3.05, 3.63) is 24.0 Å². The van der Waals surface area contributed by atoms with E-state index < -0.39 is 12.2 Å². The fourth-order valence-corrected chi connectivity index (χ4v) is 3.90. The van der Waals surface area contributed by atoms with Gasteiger partial charge in [-0.25, -0.2) is 9.18 Å². The van der Waals surface area contributed by atoms with Crippen LogP contribution >= 0.6 is 0 Å². The molecule has 1 aromatic carbocycles. The minimum absolute atomic E-state index is 0.0525.